The van der Waals surface area contributed by atoms with Crippen LogP contribution in [0.2, 0.25) is 0 Å². The number of imidazole rings is 1. The van der Waals surface area contributed by atoms with Crippen molar-refractivity contribution >= 4 is 10.0 Å². The van der Waals surface area contributed by atoms with Crippen molar-refractivity contribution in [2.24, 2.45) is 0 Å². The number of hydrogen-bond donors (Lipinski definition) is 1. The van der Waals surface area contributed by atoms with Gasteiger partial charge < -0.3 is 4.57 Å². The molecule has 0 aliphatic carbocycles. The quantitative estimate of drug-likeness (QED) is 0.750. The lowest BCUT2D eigenvalue weighted by Gasteiger charge is -2.12. The summed E-state index contributed by atoms with van der Waals surface area (Å²) in [5.74, 6) is 0. The Bertz CT molecular complexity index is 902. The molecule has 0 saturated carbocycles. The summed E-state index contributed by atoms with van der Waals surface area (Å²) in [6.07, 6.45) is 5.35. The number of aryl methyl sites for hydroxylation is 1. The fourth-order valence-electron chi connectivity index (χ4n) is 2.43. The predicted octanol–water partition coefficient (Wildman–Crippen LogP) is 2.72. The molecule has 0 unspecified atom stereocenters. The maximum atomic E-state index is 12.4. The minimum atomic E-state index is -3.52. The Morgan fingerprint density at radius 1 is 1.04 bits per heavy atom. The second-order valence-corrected chi connectivity index (χ2v) is 7.41. The Morgan fingerprint density at radius 3 is 2.42 bits per heavy atom. The third-order valence-corrected chi connectivity index (χ3v) is 5.23. The van der Waals surface area contributed by atoms with E-state index in [0.29, 0.717) is 6.54 Å². The largest absolute Gasteiger partial charge is 0.333 e. The first-order chi connectivity index (χ1) is 11.5. The van der Waals surface area contributed by atoms with Gasteiger partial charge in [-0.3, -0.25) is 0 Å². The molecule has 3 aromatic rings. The molecule has 0 amide bonds. The van der Waals surface area contributed by atoms with Gasteiger partial charge >= 0.3 is 0 Å². The van der Waals surface area contributed by atoms with E-state index in [0.717, 1.165) is 16.7 Å². The molecule has 0 fully saturated rings. The number of nitrogens with zero attached hydrogens (tertiary/aromatic N) is 2. The zero-order valence-electron chi connectivity index (χ0n) is 13.4. The lowest BCUT2D eigenvalue weighted by atomic mass is 10.1. The summed E-state index contributed by atoms with van der Waals surface area (Å²) in [6.45, 7) is 2.83. The number of sulfonamides is 1. The van der Waals surface area contributed by atoms with Crippen LogP contribution < -0.4 is 4.72 Å². The minimum absolute atomic E-state index is 0.251. The Balaban J connectivity index is 1.75. The van der Waals surface area contributed by atoms with Crippen molar-refractivity contribution in [2.75, 3.05) is 0 Å². The minimum Gasteiger partial charge on any atom is -0.333 e. The molecule has 2 aromatic carbocycles. The average Bonchev–Trinajstić information content (AvgIpc) is 3.08. The third kappa shape index (κ3) is 3.90. The molecule has 5 nitrogen and oxygen atoms in total. The molecule has 0 saturated heterocycles. The average molecular weight is 341 g/mol. The topological polar surface area (TPSA) is 64.0 Å². The van der Waals surface area contributed by atoms with Gasteiger partial charge in [0.1, 0.15) is 0 Å². The number of rotatable bonds is 6. The highest BCUT2D eigenvalue weighted by Crippen LogP contribution is 2.14. The van der Waals surface area contributed by atoms with E-state index in [9.17, 15) is 8.42 Å². The first-order valence-electron chi connectivity index (χ1n) is 7.63. The van der Waals surface area contributed by atoms with E-state index in [4.69, 9.17) is 0 Å². The van der Waals surface area contributed by atoms with E-state index in [-0.39, 0.29) is 11.4 Å². The Hall–Kier alpha value is -2.44. The normalized spacial score (nSPS) is 11.5. The first-order valence-corrected chi connectivity index (χ1v) is 9.12. The van der Waals surface area contributed by atoms with E-state index in [1.807, 2.05) is 42.0 Å². The van der Waals surface area contributed by atoms with Crippen LogP contribution in [0.15, 0.2) is 72.1 Å². The smallest absolute Gasteiger partial charge is 0.240 e. The molecule has 0 aliphatic rings. The van der Waals surface area contributed by atoms with E-state index in [2.05, 4.69) is 9.71 Å². The molecule has 6 heteroatoms. The highest BCUT2D eigenvalue weighted by Gasteiger charge is 2.14. The fraction of sp³-hybridized carbons (Fsp3) is 0.167. The first kappa shape index (κ1) is 16.4. The summed E-state index contributed by atoms with van der Waals surface area (Å²) in [5.41, 5.74) is 3.03. The monoisotopic (exact) mass is 341 g/mol. The van der Waals surface area contributed by atoms with Crippen LogP contribution in [-0.2, 0) is 23.1 Å². The maximum Gasteiger partial charge on any atom is 0.240 e. The molecule has 124 valence electrons. The molecule has 0 aliphatic heterocycles. The van der Waals surface area contributed by atoms with Crippen molar-refractivity contribution in [3.63, 3.8) is 0 Å². The number of aromatic nitrogens is 2. The van der Waals surface area contributed by atoms with Crippen LogP contribution in [0, 0.1) is 6.92 Å². The highest BCUT2D eigenvalue weighted by molar-refractivity contribution is 7.89. The van der Waals surface area contributed by atoms with Gasteiger partial charge in [-0.2, -0.15) is 0 Å². The zero-order chi connectivity index (χ0) is 17.0. The molecule has 3 rings (SSSR count). The van der Waals surface area contributed by atoms with Crippen LogP contribution in [0.1, 0.15) is 16.7 Å². The Labute approximate surface area is 142 Å². The van der Waals surface area contributed by atoms with Crippen molar-refractivity contribution in [3.05, 3.63) is 83.9 Å². The van der Waals surface area contributed by atoms with Crippen LogP contribution in [0.3, 0.4) is 0 Å². The molecule has 1 N–H and O–H groups in total. The van der Waals surface area contributed by atoms with Gasteiger partial charge in [-0.25, -0.2) is 18.1 Å². The molecule has 1 heterocycles. The van der Waals surface area contributed by atoms with Crippen molar-refractivity contribution in [1.82, 2.24) is 14.3 Å². The van der Waals surface area contributed by atoms with Gasteiger partial charge in [-0.1, -0.05) is 42.0 Å². The van der Waals surface area contributed by atoms with Crippen LogP contribution in [0.4, 0.5) is 0 Å². The molecule has 0 atom stereocenters. The summed E-state index contributed by atoms with van der Waals surface area (Å²) in [6, 6.07) is 14.6. The summed E-state index contributed by atoms with van der Waals surface area (Å²) >= 11 is 0. The predicted molar refractivity (Wildman–Crippen MR) is 93.0 cm³/mol. The van der Waals surface area contributed by atoms with E-state index in [1.165, 1.54) is 0 Å². The molecule has 0 spiro atoms. The lowest BCUT2D eigenvalue weighted by Crippen LogP contribution is -2.24. The molecule has 0 radical (unpaired) electrons. The summed E-state index contributed by atoms with van der Waals surface area (Å²) in [4.78, 5) is 4.31. The van der Waals surface area contributed by atoms with Crippen LogP contribution in [0.5, 0.6) is 0 Å². The summed E-state index contributed by atoms with van der Waals surface area (Å²) in [5, 5.41) is 0. The second kappa shape index (κ2) is 6.98. The Morgan fingerprint density at radius 2 is 1.75 bits per heavy atom. The van der Waals surface area contributed by atoms with Crippen LogP contribution >= 0.6 is 0 Å². The van der Waals surface area contributed by atoms with Crippen molar-refractivity contribution in [1.29, 1.82) is 0 Å². The van der Waals surface area contributed by atoms with E-state index < -0.39 is 10.0 Å². The number of hydrogen-bond acceptors (Lipinski definition) is 3. The SMILES string of the molecule is Cc1ccc(S(=O)(=O)NCc2ccccc2Cn2ccnc2)cc1. The summed E-state index contributed by atoms with van der Waals surface area (Å²) < 4.78 is 29.5. The highest BCUT2D eigenvalue weighted by atomic mass is 32.2. The maximum absolute atomic E-state index is 12.4. The van der Waals surface area contributed by atoms with E-state index in [1.54, 1.807) is 36.8 Å². The van der Waals surface area contributed by atoms with E-state index >= 15 is 0 Å². The van der Waals surface area contributed by atoms with Crippen molar-refractivity contribution < 1.29 is 8.42 Å². The van der Waals surface area contributed by atoms with Crippen molar-refractivity contribution in [2.45, 2.75) is 24.9 Å². The number of nitrogens with one attached hydrogen (secondary N) is 1. The van der Waals surface area contributed by atoms with Gasteiger partial charge in [0.05, 0.1) is 11.2 Å². The van der Waals surface area contributed by atoms with Crippen molar-refractivity contribution in [3.8, 4) is 0 Å². The number of benzene rings is 2. The summed E-state index contributed by atoms with van der Waals surface area (Å²) in [7, 11) is -3.52. The van der Waals surface area contributed by atoms with Gasteiger partial charge in [0.25, 0.3) is 0 Å². The van der Waals surface area contributed by atoms with Gasteiger partial charge in [0.2, 0.25) is 10.0 Å². The molecule has 24 heavy (non-hydrogen) atoms. The zero-order valence-corrected chi connectivity index (χ0v) is 14.2. The molecule has 0 bridgehead atoms. The second-order valence-electron chi connectivity index (χ2n) is 5.64. The van der Waals surface area contributed by atoms with Gasteiger partial charge in [-0.05, 0) is 30.2 Å². The molecular formula is C18H19N3O2S. The van der Waals surface area contributed by atoms with Gasteiger partial charge in [-0.15, -0.1) is 0 Å². The lowest BCUT2D eigenvalue weighted by molar-refractivity contribution is 0.581. The van der Waals surface area contributed by atoms with Gasteiger partial charge in [0.15, 0.2) is 0 Å². The van der Waals surface area contributed by atoms with Gasteiger partial charge in [0, 0.05) is 25.5 Å². The molecular weight excluding hydrogens is 322 g/mol. The van der Waals surface area contributed by atoms with Crippen LogP contribution in [-0.4, -0.2) is 18.0 Å². The standard InChI is InChI=1S/C18H19N3O2S/c1-15-6-8-18(9-7-15)24(22,23)20-12-16-4-2-3-5-17(16)13-21-11-10-19-14-21/h2-11,14,20H,12-13H2,1H3. The third-order valence-electron chi connectivity index (χ3n) is 3.81. The fourth-order valence-corrected chi connectivity index (χ4v) is 3.44. The Kier molecular flexibility index (Phi) is 4.78. The molecule has 1 aromatic heterocycles. The van der Waals surface area contributed by atoms with Crippen LogP contribution in [0.25, 0.3) is 0 Å².